The Morgan fingerprint density at radius 3 is 2.92 bits per heavy atom. The van der Waals surface area contributed by atoms with Gasteiger partial charge < -0.3 is 10.4 Å². The summed E-state index contributed by atoms with van der Waals surface area (Å²) in [5.74, 6) is 0.305. The highest BCUT2D eigenvalue weighted by molar-refractivity contribution is 7.98. The second-order valence-corrected chi connectivity index (χ2v) is 8.78. The summed E-state index contributed by atoms with van der Waals surface area (Å²) >= 11 is 1.57. The Morgan fingerprint density at radius 1 is 1.50 bits per heavy atom. The normalized spacial score (nSPS) is 17.1. The lowest BCUT2D eigenvalue weighted by molar-refractivity contribution is -0.129. The molecule has 1 aromatic heterocycles. The molecule has 0 unspecified atom stereocenters. The summed E-state index contributed by atoms with van der Waals surface area (Å²) in [5.41, 5.74) is 1.47. The van der Waals surface area contributed by atoms with E-state index in [0.717, 1.165) is 5.69 Å². The van der Waals surface area contributed by atoms with E-state index in [0.29, 0.717) is 37.4 Å². The second kappa shape index (κ2) is 8.32. The molecule has 24 heavy (non-hydrogen) atoms. The third kappa shape index (κ3) is 5.20. The molecular formula is C14H24N4O4S2. The van der Waals surface area contributed by atoms with Gasteiger partial charge in [-0.25, -0.2) is 8.42 Å². The first-order valence-corrected chi connectivity index (χ1v) is 11.0. The summed E-state index contributed by atoms with van der Waals surface area (Å²) in [6, 6.07) is 1.80. The van der Waals surface area contributed by atoms with Gasteiger partial charge in [-0.2, -0.15) is 21.2 Å². The van der Waals surface area contributed by atoms with Crippen LogP contribution in [0.2, 0.25) is 0 Å². The Labute approximate surface area is 146 Å². The number of thioether (sulfide) groups is 1. The first kappa shape index (κ1) is 19.2. The standard InChI is InChI=1S/C14H24N4O4S2/c1-23-7-4-13(19)14(20)15-9-11-8-12-10-17(24(2,21)22)5-3-6-18(12)16-11/h8,13,19H,3-7,9-10H2,1-2H3,(H,15,20)/t13-/m1/s1. The molecule has 0 aliphatic carbocycles. The number of carbonyl (C=O) groups is 1. The SMILES string of the molecule is CSCC[C@@H](O)C(=O)NCc1cc2n(n1)CCCN(S(C)(=O)=O)C2. The number of hydrogen-bond acceptors (Lipinski definition) is 6. The second-order valence-electron chi connectivity index (χ2n) is 5.82. The van der Waals surface area contributed by atoms with Gasteiger partial charge in [0.15, 0.2) is 0 Å². The molecular weight excluding hydrogens is 352 g/mol. The molecule has 2 heterocycles. The van der Waals surface area contributed by atoms with Crippen molar-refractivity contribution in [1.82, 2.24) is 19.4 Å². The van der Waals surface area contributed by atoms with Crippen molar-refractivity contribution in [2.24, 2.45) is 0 Å². The molecule has 0 fully saturated rings. The van der Waals surface area contributed by atoms with E-state index < -0.39 is 22.0 Å². The maximum atomic E-state index is 11.8. The maximum Gasteiger partial charge on any atom is 0.249 e. The molecule has 1 atom stereocenters. The first-order valence-electron chi connectivity index (χ1n) is 7.76. The predicted molar refractivity (Wildman–Crippen MR) is 93.0 cm³/mol. The number of aryl methyl sites for hydroxylation is 1. The first-order chi connectivity index (χ1) is 11.3. The van der Waals surface area contributed by atoms with Gasteiger partial charge in [0.1, 0.15) is 6.10 Å². The Kier molecular flexibility index (Phi) is 6.67. The van der Waals surface area contributed by atoms with Crippen LogP contribution in [0.25, 0.3) is 0 Å². The van der Waals surface area contributed by atoms with Gasteiger partial charge >= 0.3 is 0 Å². The molecule has 1 amide bonds. The number of aliphatic hydroxyl groups is 1. The van der Waals surface area contributed by atoms with Crippen molar-refractivity contribution in [2.45, 2.75) is 38.6 Å². The molecule has 0 saturated heterocycles. The van der Waals surface area contributed by atoms with Crippen molar-refractivity contribution in [2.75, 3.05) is 24.8 Å². The fraction of sp³-hybridized carbons (Fsp3) is 0.714. The molecule has 0 bridgehead atoms. The summed E-state index contributed by atoms with van der Waals surface area (Å²) in [6.07, 6.45) is 3.22. The molecule has 2 rings (SSSR count). The van der Waals surface area contributed by atoms with Gasteiger partial charge in [0.2, 0.25) is 15.9 Å². The Balaban J connectivity index is 1.96. The van der Waals surface area contributed by atoms with Gasteiger partial charge in [0.05, 0.1) is 30.7 Å². The van der Waals surface area contributed by atoms with E-state index in [1.165, 1.54) is 10.6 Å². The van der Waals surface area contributed by atoms with Crippen molar-refractivity contribution in [3.8, 4) is 0 Å². The van der Waals surface area contributed by atoms with Crippen LogP contribution in [0.4, 0.5) is 0 Å². The van der Waals surface area contributed by atoms with Crippen LogP contribution in [0.5, 0.6) is 0 Å². The Morgan fingerprint density at radius 2 is 2.25 bits per heavy atom. The number of aromatic nitrogens is 2. The average Bonchev–Trinajstić information content (AvgIpc) is 2.79. The van der Waals surface area contributed by atoms with E-state index in [1.54, 1.807) is 22.5 Å². The van der Waals surface area contributed by atoms with Crippen molar-refractivity contribution < 1.29 is 18.3 Å². The molecule has 10 heteroatoms. The highest BCUT2D eigenvalue weighted by Gasteiger charge is 2.23. The van der Waals surface area contributed by atoms with Crippen LogP contribution in [0.3, 0.4) is 0 Å². The number of aliphatic hydroxyl groups excluding tert-OH is 1. The highest BCUT2D eigenvalue weighted by Crippen LogP contribution is 2.16. The molecule has 1 aromatic rings. The lowest BCUT2D eigenvalue weighted by Gasteiger charge is -2.16. The summed E-state index contributed by atoms with van der Waals surface area (Å²) in [6.45, 7) is 1.63. The molecule has 136 valence electrons. The van der Waals surface area contributed by atoms with Crippen LogP contribution < -0.4 is 5.32 Å². The van der Waals surface area contributed by atoms with E-state index in [9.17, 15) is 18.3 Å². The molecule has 0 aromatic carbocycles. The topological polar surface area (TPSA) is 105 Å². The van der Waals surface area contributed by atoms with E-state index >= 15 is 0 Å². The van der Waals surface area contributed by atoms with Crippen molar-refractivity contribution in [3.05, 3.63) is 17.5 Å². The number of amides is 1. The number of carbonyl (C=O) groups excluding carboxylic acids is 1. The maximum absolute atomic E-state index is 11.8. The van der Waals surface area contributed by atoms with Crippen molar-refractivity contribution in [1.29, 1.82) is 0 Å². The summed E-state index contributed by atoms with van der Waals surface area (Å²) in [5, 5.41) is 16.8. The van der Waals surface area contributed by atoms with Gasteiger partial charge in [-0.15, -0.1) is 0 Å². The number of fused-ring (bicyclic) bond motifs is 1. The Hall–Kier alpha value is -1.10. The zero-order chi connectivity index (χ0) is 17.7. The fourth-order valence-corrected chi connectivity index (χ4v) is 3.80. The molecule has 0 saturated carbocycles. The average molecular weight is 377 g/mol. The molecule has 0 radical (unpaired) electrons. The minimum Gasteiger partial charge on any atom is -0.383 e. The Bertz CT molecular complexity index is 674. The molecule has 2 N–H and O–H groups in total. The smallest absolute Gasteiger partial charge is 0.249 e. The molecule has 8 nitrogen and oxygen atoms in total. The minimum absolute atomic E-state index is 0.216. The number of sulfonamides is 1. The number of nitrogens with one attached hydrogen (secondary N) is 1. The van der Waals surface area contributed by atoms with Crippen LogP contribution in [-0.4, -0.2) is 64.4 Å². The quantitative estimate of drug-likeness (QED) is 0.682. The van der Waals surface area contributed by atoms with Gasteiger partial charge in [-0.05, 0) is 30.9 Å². The third-order valence-corrected chi connectivity index (χ3v) is 5.73. The number of hydrogen-bond donors (Lipinski definition) is 2. The molecule has 1 aliphatic rings. The lowest BCUT2D eigenvalue weighted by atomic mass is 10.2. The highest BCUT2D eigenvalue weighted by atomic mass is 32.2. The molecule has 0 spiro atoms. The van der Waals surface area contributed by atoms with E-state index in [2.05, 4.69) is 10.4 Å². The molecule has 1 aliphatic heterocycles. The predicted octanol–water partition coefficient (Wildman–Crippen LogP) is -0.221. The minimum atomic E-state index is -3.24. The van der Waals surface area contributed by atoms with Crippen LogP contribution in [0, 0.1) is 0 Å². The van der Waals surface area contributed by atoms with Crippen molar-refractivity contribution in [3.63, 3.8) is 0 Å². The van der Waals surface area contributed by atoms with E-state index in [-0.39, 0.29) is 13.1 Å². The summed E-state index contributed by atoms with van der Waals surface area (Å²) in [7, 11) is -3.24. The van der Waals surface area contributed by atoms with Crippen LogP contribution in [0.15, 0.2) is 6.07 Å². The van der Waals surface area contributed by atoms with Crippen LogP contribution in [-0.2, 0) is 34.5 Å². The van der Waals surface area contributed by atoms with Crippen molar-refractivity contribution >= 4 is 27.7 Å². The van der Waals surface area contributed by atoms with Gasteiger partial charge in [0.25, 0.3) is 0 Å². The van der Waals surface area contributed by atoms with Gasteiger partial charge in [-0.1, -0.05) is 0 Å². The third-order valence-electron chi connectivity index (χ3n) is 3.84. The monoisotopic (exact) mass is 376 g/mol. The van der Waals surface area contributed by atoms with Gasteiger partial charge in [0, 0.05) is 13.1 Å². The number of nitrogens with zero attached hydrogens (tertiary/aromatic N) is 3. The van der Waals surface area contributed by atoms with Crippen LogP contribution >= 0.6 is 11.8 Å². The zero-order valence-corrected chi connectivity index (χ0v) is 15.6. The number of rotatable bonds is 7. The van der Waals surface area contributed by atoms with E-state index in [4.69, 9.17) is 0 Å². The lowest BCUT2D eigenvalue weighted by Crippen LogP contribution is -2.34. The fourth-order valence-electron chi connectivity index (χ4n) is 2.52. The van der Waals surface area contributed by atoms with E-state index in [1.807, 2.05) is 6.26 Å². The van der Waals surface area contributed by atoms with Gasteiger partial charge in [-0.3, -0.25) is 9.48 Å². The summed E-state index contributed by atoms with van der Waals surface area (Å²) in [4.78, 5) is 11.8. The zero-order valence-electron chi connectivity index (χ0n) is 13.9. The van der Waals surface area contributed by atoms with Crippen LogP contribution in [0.1, 0.15) is 24.2 Å². The summed E-state index contributed by atoms with van der Waals surface area (Å²) < 4.78 is 26.7. The largest absolute Gasteiger partial charge is 0.383 e.